The lowest BCUT2D eigenvalue weighted by Crippen LogP contribution is -2.25. The molecule has 14 nitrogen and oxygen atoms in total. The Labute approximate surface area is 519 Å². The van der Waals surface area contributed by atoms with Crippen LogP contribution in [0.3, 0.4) is 0 Å². The molecule has 1 atom stereocenters. The van der Waals surface area contributed by atoms with Crippen LogP contribution in [0.15, 0.2) is 62.9 Å². The van der Waals surface area contributed by atoms with Crippen LogP contribution in [0.25, 0.3) is 0 Å². The number of amides is 1. The molecular formula is C70H133N13O. The normalized spacial score (nSPS) is 13.9. The van der Waals surface area contributed by atoms with E-state index in [1.54, 1.807) is 0 Å². The number of carbonyl (C=O) groups excluding carboxylic acids is 1. The summed E-state index contributed by atoms with van der Waals surface area (Å²) in [4.78, 5) is 42.3. The molecule has 0 saturated heterocycles. The number of hydrogen-bond donors (Lipinski definition) is 3. The lowest BCUT2D eigenvalue weighted by atomic mass is 10.00. The Morgan fingerprint density at radius 1 is 0.643 bits per heavy atom. The van der Waals surface area contributed by atoms with Crippen LogP contribution in [-0.4, -0.2) is 103 Å². The zero-order valence-corrected chi connectivity index (χ0v) is 60.1. The molecule has 5 aliphatic heterocycles. The Morgan fingerprint density at radius 2 is 1.18 bits per heavy atom. The fourth-order valence-electron chi connectivity index (χ4n) is 7.85. The van der Waals surface area contributed by atoms with Gasteiger partial charge in [0.15, 0.2) is 0 Å². The summed E-state index contributed by atoms with van der Waals surface area (Å²) in [5.74, 6) is 5.30. The van der Waals surface area contributed by atoms with E-state index in [1.165, 1.54) is 109 Å². The van der Waals surface area contributed by atoms with E-state index in [4.69, 9.17) is 0 Å². The molecular weight excluding hydrogens is 1040 g/mol. The zero-order valence-electron chi connectivity index (χ0n) is 60.1. The second-order valence-electron chi connectivity index (χ2n) is 19.3. The largest absolute Gasteiger partial charge is 0.370 e. The average Bonchev–Trinajstić information content (AvgIpc) is 4.47. The summed E-state index contributed by atoms with van der Waals surface area (Å²) < 4.78 is 4.37. The first-order valence-corrected chi connectivity index (χ1v) is 33.0. The molecule has 1 amide bonds. The molecule has 9 heterocycles. The fourth-order valence-corrected chi connectivity index (χ4v) is 7.85. The van der Waals surface area contributed by atoms with Crippen molar-refractivity contribution in [2.24, 2.45) is 22.0 Å². The van der Waals surface area contributed by atoms with Crippen molar-refractivity contribution in [3.63, 3.8) is 0 Å². The number of aromatic nitrogens is 6. The Kier molecular flexibility index (Phi) is 60.2. The average molecular weight is 1170 g/mol. The topological polar surface area (TPSA) is 155 Å². The summed E-state index contributed by atoms with van der Waals surface area (Å²) in [6, 6.07) is 8.92. The Hall–Kier alpha value is -5.50. The number of hydrogen-bond acceptors (Lipinski definition) is 11. The first kappa shape index (κ1) is 87.3. The van der Waals surface area contributed by atoms with Gasteiger partial charge in [0, 0.05) is 92.9 Å². The van der Waals surface area contributed by atoms with Gasteiger partial charge in [0.25, 0.3) is 0 Å². The maximum Gasteiger partial charge on any atom is 0.246 e. The highest BCUT2D eigenvalue weighted by molar-refractivity contribution is 6.03. The van der Waals surface area contributed by atoms with E-state index in [0.29, 0.717) is 12.6 Å². The number of nitrogens with zero attached hydrogens (tertiary/aromatic N) is 10. The molecule has 9 rings (SSSR count). The van der Waals surface area contributed by atoms with Crippen LogP contribution < -0.4 is 16.0 Å². The lowest BCUT2D eigenvalue weighted by Gasteiger charge is -2.24. The molecule has 0 fully saturated rings. The van der Waals surface area contributed by atoms with Crippen molar-refractivity contribution in [3.05, 3.63) is 93.5 Å². The molecule has 4 aromatic heterocycles. The highest BCUT2D eigenvalue weighted by Crippen LogP contribution is 2.23. The number of pyridine rings is 2. The number of aryl methyl sites for hydroxylation is 6. The Morgan fingerprint density at radius 3 is 1.49 bits per heavy atom. The van der Waals surface area contributed by atoms with Gasteiger partial charge in [0.2, 0.25) is 5.91 Å². The molecule has 3 N–H and O–H groups in total. The molecule has 0 aromatic carbocycles. The second-order valence-corrected chi connectivity index (χ2v) is 19.3. The third kappa shape index (κ3) is 38.4. The summed E-state index contributed by atoms with van der Waals surface area (Å²) in [6.07, 6.45) is 18.7. The molecule has 84 heavy (non-hydrogen) atoms. The standard InChI is InChI=1S/C10H14N2.C8H10N2.2C8H14N2.C8H13N.C6H11N.C5H8N2O.C4H11N.C3H8.5C2H6/c1-2-9-6-5-8-4-3-7-11-10(8)12-9;1-3-7-4-2-6-10-8(7)9-5-1;1-5-8-9-6(2)7(3)10(8)4;1-5-10-7(3)6(2)9-8(10)4;1-4-8-5-6(2)7(3)9-8;1-2-6-4-3-5-7-6;1-2-4-6-3-5(8)7-4;1-4-5(2)3;1-3-2;5*1-2/h3-4,7,9H,2,5-6H2,1H3,(H,11,12);1,3,5H,2,4,6H2,(H,9,10);2*5H2,1-4H3;4-5H2,1-3H3;2-5H2,1H3;2-3H2,1H3,(H,6,7,8);4H2,1-3H3;3H2,1-2H3;5*1-2H3. The van der Waals surface area contributed by atoms with Gasteiger partial charge in [-0.05, 0) is 163 Å². The van der Waals surface area contributed by atoms with Gasteiger partial charge in [-0.3, -0.25) is 19.8 Å². The number of nitrogens with one attached hydrogen (secondary N) is 3. The second kappa shape index (κ2) is 57.9. The Balaban J connectivity index is -0.000000277. The van der Waals surface area contributed by atoms with Crippen LogP contribution >= 0.6 is 0 Å². The molecule has 0 spiro atoms. The molecule has 5 aliphatic rings. The first-order valence-electron chi connectivity index (χ1n) is 33.0. The van der Waals surface area contributed by atoms with Gasteiger partial charge in [-0.15, -0.1) is 0 Å². The number of amidine groups is 1. The van der Waals surface area contributed by atoms with E-state index in [2.05, 4.69) is 195 Å². The first-order chi connectivity index (χ1) is 40.4. The van der Waals surface area contributed by atoms with Crippen molar-refractivity contribution in [2.45, 2.75) is 276 Å². The number of rotatable bonds is 7. The van der Waals surface area contributed by atoms with E-state index >= 15 is 0 Å². The van der Waals surface area contributed by atoms with E-state index < -0.39 is 0 Å². The van der Waals surface area contributed by atoms with E-state index in [0.717, 1.165) is 86.5 Å². The van der Waals surface area contributed by atoms with Crippen molar-refractivity contribution in [1.82, 2.24) is 39.3 Å². The third-order valence-electron chi connectivity index (χ3n) is 13.1. The monoisotopic (exact) mass is 1170 g/mol. The quantitative estimate of drug-likeness (QED) is 0.165. The van der Waals surface area contributed by atoms with Crippen molar-refractivity contribution in [2.75, 3.05) is 50.9 Å². The van der Waals surface area contributed by atoms with Crippen LogP contribution in [0.5, 0.6) is 0 Å². The van der Waals surface area contributed by atoms with Gasteiger partial charge in [-0.2, -0.15) is 0 Å². The van der Waals surface area contributed by atoms with Crippen molar-refractivity contribution < 1.29 is 4.79 Å². The SMILES string of the molecule is CC.CC.CC.CC.CC.CCC.CCC1=NC(C)=C(C)C1.CCC1=NCC(=O)N1.CCC1=NCCC1.CCC1CCc2cccnc2N1.CCN(C)C.CCc1nc(C)c(C)n1C.CCn1c(C)nc(C)c1C.c1cnc2c(c1)CCCN2. The van der Waals surface area contributed by atoms with Crippen LogP contribution in [0.1, 0.15) is 255 Å². The maximum atomic E-state index is 10.4. The van der Waals surface area contributed by atoms with Crippen LogP contribution in [0.4, 0.5) is 11.6 Å². The molecule has 0 radical (unpaired) electrons. The van der Waals surface area contributed by atoms with Crippen molar-refractivity contribution in [3.8, 4) is 0 Å². The summed E-state index contributed by atoms with van der Waals surface area (Å²) >= 11 is 0. The minimum atomic E-state index is 0.0156. The number of anilines is 2. The number of carbonyl (C=O) groups is 1. The smallest absolute Gasteiger partial charge is 0.246 e. The number of aliphatic imine (C=N–C) groups is 3. The third-order valence-corrected chi connectivity index (χ3v) is 13.1. The van der Waals surface area contributed by atoms with Crippen molar-refractivity contribution in [1.29, 1.82) is 0 Å². The minimum Gasteiger partial charge on any atom is -0.370 e. The van der Waals surface area contributed by atoms with Crippen LogP contribution in [-0.2, 0) is 37.6 Å². The minimum absolute atomic E-state index is 0.0156. The summed E-state index contributed by atoms with van der Waals surface area (Å²) in [5, 5.41) is 9.30. The predicted octanol–water partition coefficient (Wildman–Crippen LogP) is 18.3. The van der Waals surface area contributed by atoms with Gasteiger partial charge >= 0.3 is 0 Å². The summed E-state index contributed by atoms with van der Waals surface area (Å²) in [6.45, 7) is 58.4. The molecule has 0 aliphatic carbocycles. The predicted molar refractivity (Wildman–Crippen MR) is 376 cm³/mol. The number of allylic oxidation sites excluding steroid dienone is 2. The van der Waals surface area contributed by atoms with Crippen LogP contribution in [0, 0.1) is 34.6 Å². The van der Waals surface area contributed by atoms with E-state index in [1.807, 2.05) is 108 Å². The van der Waals surface area contributed by atoms with Crippen molar-refractivity contribution >= 4 is 34.8 Å². The molecule has 14 heteroatoms. The van der Waals surface area contributed by atoms with Gasteiger partial charge in [-0.25, -0.2) is 19.9 Å². The lowest BCUT2D eigenvalue weighted by molar-refractivity contribution is -0.117. The molecule has 484 valence electrons. The highest BCUT2D eigenvalue weighted by Gasteiger charge is 2.16. The van der Waals surface area contributed by atoms with Gasteiger partial charge in [0.1, 0.15) is 35.7 Å². The van der Waals surface area contributed by atoms with Gasteiger partial charge < -0.3 is 30.0 Å². The van der Waals surface area contributed by atoms with Crippen LogP contribution in [0.2, 0.25) is 0 Å². The summed E-state index contributed by atoms with van der Waals surface area (Å²) in [7, 11) is 6.17. The zero-order chi connectivity index (χ0) is 65.6. The highest BCUT2D eigenvalue weighted by atomic mass is 16.2. The van der Waals surface area contributed by atoms with Gasteiger partial charge in [0.05, 0.1) is 11.4 Å². The van der Waals surface area contributed by atoms with E-state index in [9.17, 15) is 4.79 Å². The summed E-state index contributed by atoms with van der Waals surface area (Å²) in [5.41, 5.74) is 13.0. The molecule has 1 unspecified atom stereocenters. The molecule has 4 aromatic rings. The van der Waals surface area contributed by atoms with Gasteiger partial charge in [-0.1, -0.05) is 143 Å². The number of imidazole rings is 2. The molecule has 0 bridgehead atoms. The maximum absolute atomic E-state index is 10.4. The van der Waals surface area contributed by atoms with E-state index in [-0.39, 0.29) is 5.91 Å². The Bertz CT molecular complexity index is 2310. The number of fused-ring (bicyclic) bond motifs is 2. The fraction of sp³-hybridized carbons (Fsp3) is 0.686. The molecule has 0 saturated carbocycles.